The lowest BCUT2D eigenvalue weighted by Gasteiger charge is -2.12. The van der Waals surface area contributed by atoms with Crippen LogP contribution in [0.4, 0.5) is 0 Å². The van der Waals surface area contributed by atoms with Gasteiger partial charge in [0.25, 0.3) is 16.1 Å². The van der Waals surface area contributed by atoms with E-state index in [4.69, 9.17) is 0 Å². The Labute approximate surface area is 148 Å². The maximum atomic E-state index is 11.7. The van der Waals surface area contributed by atoms with Crippen LogP contribution in [0, 0.1) is 6.92 Å². The molecule has 0 bridgehead atoms. The Morgan fingerprint density at radius 3 is 2.28 bits per heavy atom. The first-order valence-corrected chi connectivity index (χ1v) is 9.15. The van der Waals surface area contributed by atoms with Gasteiger partial charge in [-0.25, -0.2) is 0 Å². The molecular formula is C17H22N4O3S. The molecule has 0 saturated heterocycles. The van der Waals surface area contributed by atoms with E-state index in [1.165, 1.54) is 14.1 Å². The standard InChI is InChI=1S/C17H22N4O3S/c1-12-15(17(22)18-2)9-10-16(20-12)14-7-5-13(6-8-14)11-19-25(23,24)21(3)4/h5-10,19H,11H2,1-4H3,(H,18,22). The molecule has 1 amide bonds. The summed E-state index contributed by atoms with van der Waals surface area (Å²) in [4.78, 5) is 16.2. The minimum Gasteiger partial charge on any atom is -0.355 e. The van der Waals surface area contributed by atoms with E-state index in [0.717, 1.165) is 21.1 Å². The first-order valence-electron chi connectivity index (χ1n) is 7.70. The molecule has 1 aromatic heterocycles. The Morgan fingerprint density at radius 2 is 1.76 bits per heavy atom. The predicted octanol–water partition coefficient (Wildman–Crippen LogP) is 1.31. The fraction of sp³-hybridized carbons (Fsp3) is 0.294. The molecular weight excluding hydrogens is 340 g/mol. The fourth-order valence-electron chi connectivity index (χ4n) is 2.19. The van der Waals surface area contributed by atoms with Gasteiger partial charge in [-0.1, -0.05) is 24.3 Å². The highest BCUT2D eigenvalue weighted by molar-refractivity contribution is 7.87. The maximum absolute atomic E-state index is 11.7. The molecule has 0 atom stereocenters. The maximum Gasteiger partial charge on any atom is 0.279 e. The van der Waals surface area contributed by atoms with Crippen LogP contribution in [-0.4, -0.2) is 44.8 Å². The van der Waals surface area contributed by atoms with Gasteiger partial charge in [0.1, 0.15) is 0 Å². The first kappa shape index (κ1) is 19.0. The van der Waals surface area contributed by atoms with Crippen molar-refractivity contribution in [1.82, 2.24) is 19.3 Å². The number of nitrogens with one attached hydrogen (secondary N) is 2. The largest absolute Gasteiger partial charge is 0.355 e. The van der Waals surface area contributed by atoms with E-state index in [1.807, 2.05) is 24.3 Å². The second kappa shape index (κ2) is 7.73. The number of nitrogens with zero attached hydrogens (tertiary/aromatic N) is 2. The number of pyridine rings is 1. The minimum atomic E-state index is -3.45. The van der Waals surface area contributed by atoms with Crippen molar-refractivity contribution in [3.63, 3.8) is 0 Å². The molecule has 0 aliphatic heterocycles. The number of hydrogen-bond acceptors (Lipinski definition) is 4. The zero-order valence-electron chi connectivity index (χ0n) is 14.7. The van der Waals surface area contributed by atoms with Crippen LogP contribution in [-0.2, 0) is 16.8 Å². The van der Waals surface area contributed by atoms with Crippen molar-refractivity contribution in [2.75, 3.05) is 21.1 Å². The van der Waals surface area contributed by atoms with Crippen LogP contribution in [0.2, 0.25) is 0 Å². The lowest BCUT2D eigenvalue weighted by atomic mass is 10.1. The first-order chi connectivity index (χ1) is 11.7. The van der Waals surface area contributed by atoms with E-state index in [-0.39, 0.29) is 12.5 Å². The number of carbonyl (C=O) groups excluding carboxylic acids is 1. The number of amides is 1. The van der Waals surface area contributed by atoms with E-state index < -0.39 is 10.2 Å². The van der Waals surface area contributed by atoms with Crippen molar-refractivity contribution in [3.05, 3.63) is 53.2 Å². The summed E-state index contributed by atoms with van der Waals surface area (Å²) >= 11 is 0. The molecule has 8 heteroatoms. The average molecular weight is 362 g/mol. The summed E-state index contributed by atoms with van der Waals surface area (Å²) in [5.41, 5.74) is 3.69. The SMILES string of the molecule is CNC(=O)c1ccc(-c2ccc(CNS(=O)(=O)N(C)C)cc2)nc1C. The van der Waals surface area contributed by atoms with Crippen molar-refractivity contribution in [3.8, 4) is 11.3 Å². The van der Waals surface area contributed by atoms with Crippen LogP contribution in [0.1, 0.15) is 21.6 Å². The summed E-state index contributed by atoms with van der Waals surface area (Å²) in [5, 5.41) is 2.58. The van der Waals surface area contributed by atoms with Crippen LogP contribution in [0.25, 0.3) is 11.3 Å². The van der Waals surface area contributed by atoms with Gasteiger partial charge in [0.05, 0.1) is 17.0 Å². The number of benzene rings is 1. The molecule has 0 saturated carbocycles. The molecule has 1 aromatic carbocycles. The summed E-state index contributed by atoms with van der Waals surface area (Å²) in [6.45, 7) is 2.00. The van der Waals surface area contributed by atoms with E-state index in [1.54, 1.807) is 26.1 Å². The minimum absolute atomic E-state index is 0.167. The highest BCUT2D eigenvalue weighted by Crippen LogP contribution is 2.20. The lowest BCUT2D eigenvalue weighted by molar-refractivity contribution is 0.0962. The molecule has 25 heavy (non-hydrogen) atoms. The number of rotatable bonds is 6. The number of carbonyl (C=O) groups is 1. The second-order valence-corrected chi connectivity index (χ2v) is 7.68. The molecule has 2 aromatic rings. The summed E-state index contributed by atoms with van der Waals surface area (Å²) in [7, 11) is 1.08. The zero-order valence-corrected chi connectivity index (χ0v) is 15.5. The molecule has 1 heterocycles. The number of aryl methyl sites for hydroxylation is 1. The molecule has 0 radical (unpaired) electrons. The average Bonchev–Trinajstić information content (AvgIpc) is 2.59. The van der Waals surface area contributed by atoms with Gasteiger partial charge in [-0.3, -0.25) is 9.78 Å². The van der Waals surface area contributed by atoms with Crippen LogP contribution >= 0.6 is 0 Å². The third-order valence-corrected chi connectivity index (χ3v) is 5.22. The van der Waals surface area contributed by atoms with E-state index in [2.05, 4.69) is 15.0 Å². The number of aromatic nitrogens is 1. The van der Waals surface area contributed by atoms with E-state index in [9.17, 15) is 13.2 Å². The Hall–Kier alpha value is -2.29. The molecule has 7 nitrogen and oxygen atoms in total. The topological polar surface area (TPSA) is 91.4 Å². The van der Waals surface area contributed by atoms with Gasteiger partial charge in [0.2, 0.25) is 0 Å². The van der Waals surface area contributed by atoms with Crippen LogP contribution in [0.5, 0.6) is 0 Å². The Balaban J connectivity index is 2.15. The molecule has 0 spiro atoms. The van der Waals surface area contributed by atoms with Gasteiger partial charge in [0, 0.05) is 33.3 Å². The Morgan fingerprint density at radius 1 is 1.12 bits per heavy atom. The molecule has 2 N–H and O–H groups in total. The monoisotopic (exact) mass is 362 g/mol. The molecule has 0 aliphatic rings. The highest BCUT2D eigenvalue weighted by Gasteiger charge is 2.12. The second-order valence-electron chi connectivity index (χ2n) is 5.71. The number of hydrogen-bond donors (Lipinski definition) is 2. The quantitative estimate of drug-likeness (QED) is 0.811. The summed E-state index contributed by atoms with van der Waals surface area (Å²) in [6.07, 6.45) is 0. The van der Waals surface area contributed by atoms with Crippen LogP contribution in [0.15, 0.2) is 36.4 Å². The highest BCUT2D eigenvalue weighted by atomic mass is 32.2. The van der Waals surface area contributed by atoms with Gasteiger partial charge in [0.15, 0.2) is 0 Å². The third-order valence-electron chi connectivity index (χ3n) is 3.75. The van der Waals surface area contributed by atoms with Gasteiger partial charge >= 0.3 is 0 Å². The van der Waals surface area contributed by atoms with Crippen molar-refractivity contribution in [1.29, 1.82) is 0 Å². The van der Waals surface area contributed by atoms with Crippen molar-refractivity contribution >= 4 is 16.1 Å². The van der Waals surface area contributed by atoms with Crippen LogP contribution < -0.4 is 10.0 Å². The van der Waals surface area contributed by atoms with Gasteiger partial charge < -0.3 is 5.32 Å². The zero-order chi connectivity index (χ0) is 18.6. The van der Waals surface area contributed by atoms with E-state index in [0.29, 0.717) is 11.3 Å². The van der Waals surface area contributed by atoms with Gasteiger partial charge in [-0.05, 0) is 24.6 Å². The smallest absolute Gasteiger partial charge is 0.279 e. The van der Waals surface area contributed by atoms with Gasteiger partial charge in [-0.15, -0.1) is 0 Å². The van der Waals surface area contributed by atoms with Crippen LogP contribution in [0.3, 0.4) is 0 Å². The van der Waals surface area contributed by atoms with E-state index >= 15 is 0 Å². The lowest BCUT2D eigenvalue weighted by Crippen LogP contribution is -2.35. The molecule has 0 unspecified atom stereocenters. The Kier molecular flexibility index (Phi) is 5.89. The van der Waals surface area contributed by atoms with Crippen molar-refractivity contribution < 1.29 is 13.2 Å². The van der Waals surface area contributed by atoms with Gasteiger partial charge in [-0.2, -0.15) is 17.4 Å². The molecule has 0 fully saturated rings. The third kappa shape index (κ3) is 4.62. The predicted molar refractivity (Wildman–Crippen MR) is 97.2 cm³/mol. The van der Waals surface area contributed by atoms with Crippen molar-refractivity contribution in [2.45, 2.75) is 13.5 Å². The summed E-state index contributed by atoms with van der Waals surface area (Å²) < 4.78 is 27.1. The Bertz CT molecular complexity index is 862. The molecule has 134 valence electrons. The summed E-state index contributed by atoms with van der Waals surface area (Å²) in [5.74, 6) is -0.167. The normalized spacial score (nSPS) is 11.6. The van der Waals surface area contributed by atoms with Crippen molar-refractivity contribution in [2.24, 2.45) is 0 Å². The molecule has 2 rings (SSSR count). The fourth-order valence-corrected chi connectivity index (χ4v) is 2.80. The summed E-state index contributed by atoms with van der Waals surface area (Å²) in [6, 6.07) is 11.0. The molecule has 0 aliphatic carbocycles.